The molecule has 8 heteroatoms. The smallest absolute Gasteiger partial charge is 0.244 e. The Kier molecular flexibility index (Phi) is 4.43. The van der Waals surface area contributed by atoms with Crippen LogP contribution in [-0.2, 0) is 6.18 Å². The van der Waals surface area contributed by atoms with Gasteiger partial charge < -0.3 is 0 Å². The van der Waals surface area contributed by atoms with Gasteiger partial charge in [0.15, 0.2) is 4.95 Å². The molecule has 0 aliphatic heterocycles. The molecule has 104 valence electrons. The Morgan fingerprint density at radius 2 is 1.85 bits per heavy atom. The van der Waals surface area contributed by atoms with E-state index in [0.717, 1.165) is 12.1 Å². The molecule has 0 spiro atoms. The summed E-state index contributed by atoms with van der Waals surface area (Å²) in [6, 6.07) is 4.65. The molecular weight excluding hydrogens is 337 g/mol. The van der Waals surface area contributed by atoms with Gasteiger partial charge in [-0.2, -0.15) is 23.4 Å². The number of rotatable bonds is 3. The number of benzene rings is 1. The van der Waals surface area contributed by atoms with E-state index in [2.05, 4.69) is 36.1 Å². The van der Waals surface area contributed by atoms with Gasteiger partial charge in [-0.25, -0.2) is 9.97 Å². The molecule has 0 radical (unpaired) electrons. The zero-order valence-electron chi connectivity index (χ0n) is 9.92. The van der Waals surface area contributed by atoms with Crippen LogP contribution in [-0.4, -0.2) is 9.97 Å². The second kappa shape index (κ2) is 6.08. The summed E-state index contributed by atoms with van der Waals surface area (Å²) in [4.78, 5) is 7.12. The highest BCUT2D eigenvalue weighted by Crippen LogP contribution is 2.32. The number of aromatic nitrogens is 2. The molecule has 1 aromatic heterocycles. The van der Waals surface area contributed by atoms with E-state index in [-0.39, 0.29) is 5.69 Å². The maximum absolute atomic E-state index is 12.5. The van der Waals surface area contributed by atoms with Crippen molar-refractivity contribution < 1.29 is 13.2 Å². The van der Waals surface area contributed by atoms with E-state index in [1.165, 1.54) is 30.9 Å². The summed E-state index contributed by atoms with van der Waals surface area (Å²) < 4.78 is 37.6. The fourth-order valence-electron chi connectivity index (χ4n) is 1.36. The third kappa shape index (κ3) is 3.83. The maximum Gasteiger partial charge on any atom is 0.416 e. The van der Waals surface area contributed by atoms with Gasteiger partial charge in [0, 0.05) is 18.0 Å². The van der Waals surface area contributed by atoms with E-state index in [1.54, 1.807) is 0 Å². The number of hydrogen-bond acceptors (Lipinski definition) is 4. The predicted octanol–water partition coefficient (Wildman–Crippen LogP) is 4.67. The monoisotopic (exact) mass is 344 g/mol. The van der Waals surface area contributed by atoms with Crippen LogP contribution in [0.5, 0.6) is 0 Å². The lowest BCUT2D eigenvalue weighted by molar-refractivity contribution is -0.137. The van der Waals surface area contributed by atoms with Crippen molar-refractivity contribution in [2.75, 3.05) is 0 Å². The van der Waals surface area contributed by atoms with Crippen LogP contribution in [0.4, 0.5) is 18.9 Å². The summed E-state index contributed by atoms with van der Waals surface area (Å²) in [6.45, 7) is 0. The molecule has 0 saturated carbocycles. The Bertz CT molecular complexity index is 601. The van der Waals surface area contributed by atoms with Gasteiger partial charge in [-0.15, -0.1) is 0 Å². The number of halogens is 4. The van der Waals surface area contributed by atoms with Gasteiger partial charge in [0.1, 0.15) is 6.33 Å². The average molecular weight is 345 g/mol. The van der Waals surface area contributed by atoms with Gasteiger partial charge in [-0.1, -0.05) is 22.0 Å². The van der Waals surface area contributed by atoms with Gasteiger partial charge >= 0.3 is 6.18 Å². The van der Waals surface area contributed by atoms with Crippen molar-refractivity contribution in [2.45, 2.75) is 11.1 Å². The molecule has 2 aromatic rings. The van der Waals surface area contributed by atoms with Crippen molar-refractivity contribution in [3.8, 4) is 0 Å². The van der Waals surface area contributed by atoms with Gasteiger partial charge in [0.05, 0.1) is 11.3 Å². The number of nitrogens with zero attached hydrogens (tertiary/aromatic N) is 4. The summed E-state index contributed by atoms with van der Waals surface area (Å²) in [5, 5.41) is 7.66. The van der Waals surface area contributed by atoms with E-state index in [0.29, 0.717) is 5.56 Å². The minimum absolute atomic E-state index is 0.126. The fraction of sp³-hybridized carbons (Fsp3) is 0.167. The lowest BCUT2D eigenvalue weighted by Crippen LogP contribution is -2.03. The van der Waals surface area contributed by atoms with E-state index in [4.69, 9.17) is 0 Å². The second-order valence-electron chi connectivity index (χ2n) is 3.77. The van der Waals surface area contributed by atoms with Crippen LogP contribution < -0.4 is 0 Å². The SMILES string of the molecule is FC(F)(F)c1cccc(N=NC(Br)c2cncnc2)c1. The molecule has 0 fully saturated rings. The van der Waals surface area contributed by atoms with Crippen LogP contribution in [0.15, 0.2) is 53.2 Å². The van der Waals surface area contributed by atoms with E-state index in [1.807, 2.05) is 0 Å². The second-order valence-corrected chi connectivity index (χ2v) is 4.64. The lowest BCUT2D eigenvalue weighted by Gasteiger charge is -2.06. The molecule has 0 bridgehead atoms. The summed E-state index contributed by atoms with van der Waals surface area (Å²) in [7, 11) is 0. The van der Waals surface area contributed by atoms with Gasteiger partial charge in [0.25, 0.3) is 0 Å². The Labute approximate surface area is 120 Å². The fourth-order valence-corrected chi connectivity index (χ4v) is 1.69. The minimum atomic E-state index is -4.40. The molecule has 1 atom stereocenters. The van der Waals surface area contributed by atoms with Crippen LogP contribution in [0.3, 0.4) is 0 Å². The normalized spacial score (nSPS) is 13.6. The van der Waals surface area contributed by atoms with Gasteiger partial charge in [-0.05, 0) is 18.2 Å². The molecule has 0 aliphatic carbocycles. The van der Waals surface area contributed by atoms with Crippen molar-refractivity contribution in [1.29, 1.82) is 0 Å². The Balaban J connectivity index is 2.16. The Hall–Kier alpha value is -1.83. The number of alkyl halides is 4. The van der Waals surface area contributed by atoms with Crippen molar-refractivity contribution >= 4 is 21.6 Å². The maximum atomic E-state index is 12.5. The van der Waals surface area contributed by atoms with Crippen LogP contribution >= 0.6 is 15.9 Å². The third-order valence-electron chi connectivity index (χ3n) is 2.30. The van der Waals surface area contributed by atoms with Crippen LogP contribution in [0, 0.1) is 0 Å². The van der Waals surface area contributed by atoms with E-state index >= 15 is 0 Å². The summed E-state index contributed by atoms with van der Waals surface area (Å²) in [5.41, 5.74) is 0.0208. The van der Waals surface area contributed by atoms with Crippen molar-refractivity contribution in [1.82, 2.24) is 9.97 Å². The topological polar surface area (TPSA) is 50.5 Å². The first-order chi connectivity index (χ1) is 9.47. The standard InChI is InChI=1S/C12H8BrF3N4/c13-11(8-5-17-7-18-6-8)20-19-10-3-1-2-9(4-10)12(14,15)16/h1-7,11H. The van der Waals surface area contributed by atoms with Crippen molar-refractivity contribution in [3.63, 3.8) is 0 Å². The van der Waals surface area contributed by atoms with E-state index < -0.39 is 16.7 Å². The zero-order chi connectivity index (χ0) is 14.6. The first-order valence-corrected chi connectivity index (χ1v) is 6.35. The average Bonchev–Trinajstić information content (AvgIpc) is 2.45. The molecule has 1 heterocycles. The molecule has 4 nitrogen and oxygen atoms in total. The lowest BCUT2D eigenvalue weighted by atomic mass is 10.2. The molecule has 0 amide bonds. The van der Waals surface area contributed by atoms with E-state index in [9.17, 15) is 13.2 Å². The summed E-state index contributed by atoms with van der Waals surface area (Å²) in [6.07, 6.45) is 0.0505. The highest BCUT2D eigenvalue weighted by molar-refractivity contribution is 9.09. The van der Waals surface area contributed by atoms with Gasteiger partial charge in [-0.3, -0.25) is 0 Å². The van der Waals surface area contributed by atoms with Crippen LogP contribution in [0.2, 0.25) is 0 Å². The molecule has 2 rings (SSSR count). The summed E-state index contributed by atoms with van der Waals surface area (Å²) in [5.74, 6) is 0. The predicted molar refractivity (Wildman–Crippen MR) is 69.7 cm³/mol. The molecule has 20 heavy (non-hydrogen) atoms. The summed E-state index contributed by atoms with van der Waals surface area (Å²) >= 11 is 3.24. The van der Waals surface area contributed by atoms with Crippen LogP contribution in [0.1, 0.15) is 16.1 Å². The van der Waals surface area contributed by atoms with Gasteiger partial charge in [0.2, 0.25) is 0 Å². The quantitative estimate of drug-likeness (QED) is 0.461. The first kappa shape index (κ1) is 14.6. The first-order valence-electron chi connectivity index (χ1n) is 5.44. The Morgan fingerprint density at radius 3 is 2.50 bits per heavy atom. The molecule has 0 N–H and O–H groups in total. The molecule has 1 unspecified atom stereocenters. The minimum Gasteiger partial charge on any atom is -0.244 e. The number of hydrogen-bond donors (Lipinski definition) is 0. The third-order valence-corrected chi connectivity index (χ3v) is 3.02. The Morgan fingerprint density at radius 1 is 1.15 bits per heavy atom. The highest BCUT2D eigenvalue weighted by atomic mass is 79.9. The molecule has 1 aromatic carbocycles. The largest absolute Gasteiger partial charge is 0.416 e. The number of azo groups is 1. The molecule has 0 saturated heterocycles. The molecular formula is C12H8BrF3N4. The van der Waals surface area contributed by atoms with Crippen molar-refractivity contribution in [2.24, 2.45) is 10.2 Å². The van der Waals surface area contributed by atoms with Crippen molar-refractivity contribution in [3.05, 3.63) is 54.1 Å². The zero-order valence-corrected chi connectivity index (χ0v) is 11.5. The highest BCUT2D eigenvalue weighted by Gasteiger charge is 2.30. The van der Waals surface area contributed by atoms with Crippen LogP contribution in [0.25, 0.3) is 0 Å². The molecule has 0 aliphatic rings.